The molecule has 0 spiro atoms. The van der Waals surface area contributed by atoms with Crippen molar-refractivity contribution in [3.63, 3.8) is 0 Å². The van der Waals surface area contributed by atoms with E-state index in [0.717, 1.165) is 11.1 Å². The molecule has 6 heteroatoms. The summed E-state index contributed by atoms with van der Waals surface area (Å²) < 4.78 is 5.76. The number of aryl methyl sites for hydroxylation is 1. The van der Waals surface area contributed by atoms with Crippen LogP contribution in [0.5, 0.6) is 0 Å². The van der Waals surface area contributed by atoms with Crippen molar-refractivity contribution in [2.45, 2.75) is 13.0 Å². The molecule has 2 amide bonds. The Morgan fingerprint density at radius 1 is 1.45 bits per heavy atom. The van der Waals surface area contributed by atoms with Gasteiger partial charge in [-0.2, -0.15) is 11.3 Å². The number of ether oxygens (including phenoxy) is 1. The largest absolute Gasteiger partial charge is 0.370 e. The average Bonchev–Trinajstić information content (AvgIpc) is 3.05. The van der Waals surface area contributed by atoms with Crippen molar-refractivity contribution in [1.29, 1.82) is 0 Å². The molecule has 2 aromatic rings. The smallest absolute Gasteiger partial charge is 0.322 e. The molecule has 1 N–H and O–H groups in total. The van der Waals surface area contributed by atoms with Crippen LogP contribution in [-0.4, -0.2) is 30.6 Å². The highest BCUT2D eigenvalue weighted by Crippen LogP contribution is 2.27. The highest BCUT2D eigenvalue weighted by atomic mass is 35.5. The standard InChI is InChI=1S/C16H17ClN2O2S/c1-11-3-2-4-13(17)15(11)18-16(20)19-6-7-21-14(9-19)12-5-8-22-10-12/h2-5,8,10,14H,6-7,9H2,1H3,(H,18,20). The number of anilines is 1. The normalized spacial score (nSPS) is 18.3. The van der Waals surface area contributed by atoms with Crippen molar-refractivity contribution >= 4 is 34.7 Å². The summed E-state index contributed by atoms with van der Waals surface area (Å²) in [5.74, 6) is 0. The van der Waals surface area contributed by atoms with Gasteiger partial charge in [-0.1, -0.05) is 23.7 Å². The van der Waals surface area contributed by atoms with Crippen LogP contribution in [0, 0.1) is 6.92 Å². The maximum Gasteiger partial charge on any atom is 0.322 e. The molecule has 0 bridgehead atoms. The van der Waals surface area contributed by atoms with E-state index in [4.69, 9.17) is 16.3 Å². The molecule has 1 unspecified atom stereocenters. The molecule has 0 radical (unpaired) electrons. The summed E-state index contributed by atoms with van der Waals surface area (Å²) in [4.78, 5) is 14.3. The number of benzene rings is 1. The second-order valence-electron chi connectivity index (χ2n) is 5.22. The van der Waals surface area contributed by atoms with Crippen LogP contribution in [0.2, 0.25) is 5.02 Å². The Labute approximate surface area is 138 Å². The fourth-order valence-electron chi connectivity index (χ4n) is 2.47. The highest BCUT2D eigenvalue weighted by molar-refractivity contribution is 7.07. The lowest BCUT2D eigenvalue weighted by molar-refractivity contribution is -0.0132. The molecular weight excluding hydrogens is 320 g/mol. The van der Waals surface area contributed by atoms with Crippen molar-refractivity contribution in [3.8, 4) is 0 Å². The van der Waals surface area contributed by atoms with Crippen LogP contribution < -0.4 is 5.32 Å². The number of carbonyl (C=O) groups excluding carboxylic acids is 1. The van der Waals surface area contributed by atoms with E-state index in [-0.39, 0.29) is 12.1 Å². The van der Waals surface area contributed by atoms with E-state index in [0.29, 0.717) is 30.4 Å². The van der Waals surface area contributed by atoms with Crippen LogP contribution in [0.1, 0.15) is 17.2 Å². The summed E-state index contributed by atoms with van der Waals surface area (Å²) in [7, 11) is 0. The number of rotatable bonds is 2. The number of hydrogen-bond donors (Lipinski definition) is 1. The topological polar surface area (TPSA) is 41.6 Å². The fraction of sp³-hybridized carbons (Fsp3) is 0.312. The average molecular weight is 337 g/mol. The van der Waals surface area contributed by atoms with Crippen LogP contribution in [0.25, 0.3) is 0 Å². The van der Waals surface area contributed by atoms with Gasteiger partial charge in [0.1, 0.15) is 6.10 Å². The van der Waals surface area contributed by atoms with Crippen LogP contribution in [0.4, 0.5) is 10.5 Å². The number of urea groups is 1. The molecular formula is C16H17ClN2O2S. The summed E-state index contributed by atoms with van der Waals surface area (Å²) >= 11 is 7.80. The minimum Gasteiger partial charge on any atom is -0.370 e. The van der Waals surface area contributed by atoms with Gasteiger partial charge in [0.15, 0.2) is 0 Å². The number of morpholine rings is 1. The van der Waals surface area contributed by atoms with Crippen molar-refractivity contribution in [3.05, 3.63) is 51.2 Å². The minimum absolute atomic E-state index is 0.0573. The number of hydrogen-bond acceptors (Lipinski definition) is 3. The molecule has 1 aliphatic rings. The lowest BCUT2D eigenvalue weighted by atomic mass is 10.1. The van der Waals surface area contributed by atoms with E-state index in [1.54, 1.807) is 22.3 Å². The van der Waals surface area contributed by atoms with E-state index in [1.165, 1.54) is 0 Å². The van der Waals surface area contributed by atoms with Gasteiger partial charge in [-0.05, 0) is 40.9 Å². The van der Waals surface area contributed by atoms with E-state index in [2.05, 4.69) is 10.7 Å². The van der Waals surface area contributed by atoms with Gasteiger partial charge in [0, 0.05) is 6.54 Å². The molecule has 2 heterocycles. The Kier molecular flexibility index (Phi) is 4.66. The molecule has 1 aromatic carbocycles. The zero-order valence-corrected chi connectivity index (χ0v) is 13.8. The van der Waals surface area contributed by atoms with Crippen molar-refractivity contribution in [1.82, 2.24) is 4.90 Å². The second-order valence-corrected chi connectivity index (χ2v) is 6.41. The summed E-state index contributed by atoms with van der Waals surface area (Å²) in [6.07, 6.45) is -0.0573. The summed E-state index contributed by atoms with van der Waals surface area (Å²) in [6.45, 7) is 3.59. The van der Waals surface area contributed by atoms with E-state index < -0.39 is 0 Å². The number of amides is 2. The first-order valence-corrected chi connectivity index (χ1v) is 8.42. The zero-order chi connectivity index (χ0) is 15.5. The lowest BCUT2D eigenvalue weighted by Crippen LogP contribution is -2.44. The third kappa shape index (κ3) is 3.27. The molecule has 0 saturated carbocycles. The van der Waals surface area contributed by atoms with Crippen LogP contribution in [0.3, 0.4) is 0 Å². The number of para-hydroxylation sites is 1. The molecule has 1 aliphatic heterocycles. The summed E-state index contributed by atoms with van der Waals surface area (Å²) in [6, 6.07) is 7.47. The minimum atomic E-state index is -0.139. The molecule has 3 rings (SSSR count). The van der Waals surface area contributed by atoms with Crippen molar-refractivity contribution < 1.29 is 9.53 Å². The second kappa shape index (κ2) is 6.69. The molecule has 0 aliphatic carbocycles. The Hall–Kier alpha value is -1.56. The third-order valence-electron chi connectivity index (χ3n) is 3.72. The van der Waals surface area contributed by atoms with Crippen LogP contribution >= 0.6 is 22.9 Å². The number of carbonyl (C=O) groups is 1. The fourth-order valence-corrected chi connectivity index (χ4v) is 3.44. The number of nitrogens with one attached hydrogen (secondary N) is 1. The Bertz CT molecular complexity index is 640. The maximum atomic E-state index is 12.5. The maximum absolute atomic E-state index is 12.5. The molecule has 4 nitrogen and oxygen atoms in total. The van der Waals surface area contributed by atoms with Gasteiger partial charge < -0.3 is 15.0 Å². The predicted molar refractivity (Wildman–Crippen MR) is 89.8 cm³/mol. The van der Waals surface area contributed by atoms with Gasteiger partial charge in [-0.15, -0.1) is 0 Å². The number of nitrogens with zero attached hydrogens (tertiary/aromatic N) is 1. The predicted octanol–water partition coefficient (Wildman–Crippen LogP) is 4.32. The molecule has 1 fully saturated rings. The van der Waals surface area contributed by atoms with Crippen molar-refractivity contribution in [2.75, 3.05) is 25.0 Å². The van der Waals surface area contributed by atoms with E-state index in [9.17, 15) is 4.79 Å². The van der Waals surface area contributed by atoms with Gasteiger partial charge in [0.25, 0.3) is 0 Å². The molecule has 1 saturated heterocycles. The Balaban J connectivity index is 1.70. The monoisotopic (exact) mass is 336 g/mol. The van der Waals surface area contributed by atoms with Crippen LogP contribution in [0.15, 0.2) is 35.0 Å². The van der Waals surface area contributed by atoms with Gasteiger partial charge in [0.2, 0.25) is 0 Å². The van der Waals surface area contributed by atoms with E-state index in [1.807, 2.05) is 30.5 Å². The third-order valence-corrected chi connectivity index (χ3v) is 4.74. The molecule has 116 valence electrons. The van der Waals surface area contributed by atoms with Gasteiger partial charge in [-0.3, -0.25) is 0 Å². The van der Waals surface area contributed by atoms with Gasteiger partial charge >= 0.3 is 6.03 Å². The number of halogens is 1. The highest BCUT2D eigenvalue weighted by Gasteiger charge is 2.26. The van der Waals surface area contributed by atoms with Gasteiger partial charge in [0.05, 0.1) is 23.9 Å². The van der Waals surface area contributed by atoms with Gasteiger partial charge in [-0.25, -0.2) is 4.79 Å². The first-order chi connectivity index (χ1) is 10.6. The first-order valence-electron chi connectivity index (χ1n) is 7.10. The Morgan fingerprint density at radius 2 is 2.32 bits per heavy atom. The zero-order valence-electron chi connectivity index (χ0n) is 12.2. The summed E-state index contributed by atoms with van der Waals surface area (Å²) in [5.41, 5.74) is 2.74. The van der Waals surface area contributed by atoms with Crippen LogP contribution in [-0.2, 0) is 4.74 Å². The summed E-state index contributed by atoms with van der Waals surface area (Å²) in [5, 5.41) is 7.55. The number of thiophene rings is 1. The molecule has 1 aromatic heterocycles. The molecule has 1 atom stereocenters. The lowest BCUT2D eigenvalue weighted by Gasteiger charge is -2.33. The SMILES string of the molecule is Cc1cccc(Cl)c1NC(=O)N1CCOC(c2ccsc2)C1. The van der Waals surface area contributed by atoms with E-state index >= 15 is 0 Å². The first kappa shape index (κ1) is 15.3. The quantitative estimate of drug-likeness (QED) is 0.887. The Morgan fingerprint density at radius 3 is 3.05 bits per heavy atom. The molecule has 22 heavy (non-hydrogen) atoms. The van der Waals surface area contributed by atoms with Crippen molar-refractivity contribution in [2.24, 2.45) is 0 Å².